The summed E-state index contributed by atoms with van der Waals surface area (Å²) in [4.78, 5) is 27.6. The number of fused-ring (bicyclic) bond motifs is 1. The molecule has 0 bridgehead atoms. The third-order valence-corrected chi connectivity index (χ3v) is 5.83. The zero-order chi connectivity index (χ0) is 22.1. The highest BCUT2D eigenvalue weighted by atomic mass is 35.5. The molecule has 0 fully saturated rings. The molecule has 5 nitrogen and oxygen atoms in total. The maximum Gasteiger partial charge on any atom is 0.278 e. The molecule has 0 aliphatic carbocycles. The Bertz CT molecular complexity index is 1340. The number of imidazole rings is 1. The summed E-state index contributed by atoms with van der Waals surface area (Å²) in [6.07, 6.45) is 2.31. The lowest BCUT2D eigenvalue weighted by molar-refractivity contribution is -0.122. The topological polar surface area (TPSA) is 61.4 Å². The number of aromatic amines is 1. The summed E-state index contributed by atoms with van der Waals surface area (Å²) in [6.45, 7) is 0.417. The molecule has 32 heavy (non-hydrogen) atoms. The fourth-order valence-corrected chi connectivity index (χ4v) is 4.01. The number of carbonyl (C=O) groups excluding carboxylic acids is 1. The maximum atomic E-state index is 13.3. The average Bonchev–Trinajstić information content (AvgIpc) is 3.35. The first-order valence-corrected chi connectivity index (χ1v) is 10.9. The van der Waals surface area contributed by atoms with Gasteiger partial charge in [-0.3, -0.25) is 9.69 Å². The molecular weight excluding hydrogens is 443 g/mol. The number of para-hydroxylation sites is 2. The molecule has 1 aromatic heterocycles. The van der Waals surface area contributed by atoms with Gasteiger partial charge in [0, 0.05) is 23.6 Å². The third kappa shape index (κ3) is 4.05. The maximum absolute atomic E-state index is 13.3. The minimum absolute atomic E-state index is 0.175. The van der Waals surface area contributed by atoms with Crippen LogP contribution in [0.2, 0.25) is 10.0 Å². The van der Waals surface area contributed by atoms with Crippen molar-refractivity contribution in [2.24, 2.45) is 4.99 Å². The monoisotopic (exact) mass is 460 g/mol. The average molecular weight is 461 g/mol. The fraction of sp³-hybridized carbons (Fsp3) is 0.0800. The second-order valence-corrected chi connectivity index (χ2v) is 8.25. The molecule has 1 N–H and O–H groups in total. The van der Waals surface area contributed by atoms with E-state index >= 15 is 0 Å². The Balaban J connectivity index is 1.47. The Morgan fingerprint density at radius 1 is 0.938 bits per heavy atom. The second kappa shape index (κ2) is 8.61. The van der Waals surface area contributed by atoms with E-state index < -0.39 is 0 Å². The lowest BCUT2D eigenvalue weighted by atomic mass is 10.2. The van der Waals surface area contributed by atoms with Crippen LogP contribution < -0.4 is 0 Å². The van der Waals surface area contributed by atoms with Crippen LogP contribution in [0.5, 0.6) is 0 Å². The minimum Gasteiger partial charge on any atom is -0.342 e. The van der Waals surface area contributed by atoms with Gasteiger partial charge in [-0.05, 0) is 48.0 Å². The summed E-state index contributed by atoms with van der Waals surface area (Å²) in [7, 11) is 0. The van der Waals surface area contributed by atoms with E-state index in [-0.39, 0.29) is 5.91 Å². The molecule has 2 heterocycles. The molecule has 1 aliphatic rings. The van der Waals surface area contributed by atoms with Crippen LogP contribution in [0.3, 0.4) is 0 Å². The van der Waals surface area contributed by atoms with Crippen LogP contribution in [-0.4, -0.2) is 33.2 Å². The molecule has 0 unspecified atom stereocenters. The van der Waals surface area contributed by atoms with Crippen molar-refractivity contribution in [2.75, 3.05) is 6.54 Å². The lowest BCUT2D eigenvalue weighted by Gasteiger charge is -2.18. The first kappa shape index (κ1) is 20.5. The highest BCUT2D eigenvalue weighted by Gasteiger charge is 2.32. The summed E-state index contributed by atoms with van der Waals surface area (Å²) >= 11 is 12.4. The highest BCUT2D eigenvalue weighted by Crippen LogP contribution is 2.26. The Morgan fingerprint density at radius 2 is 1.69 bits per heavy atom. The number of H-pyrrole nitrogens is 1. The predicted octanol–water partition coefficient (Wildman–Crippen LogP) is 5.74. The summed E-state index contributed by atoms with van der Waals surface area (Å²) in [5, 5.41) is 1.18. The lowest BCUT2D eigenvalue weighted by Crippen LogP contribution is -2.34. The molecule has 0 radical (unpaired) electrons. The molecular formula is C25H18Cl2N4O. The van der Waals surface area contributed by atoms with Crippen LogP contribution in [-0.2, 0) is 11.2 Å². The number of hydrogen-bond acceptors (Lipinski definition) is 3. The van der Waals surface area contributed by atoms with Gasteiger partial charge in [-0.1, -0.05) is 59.6 Å². The third-order valence-electron chi connectivity index (χ3n) is 5.25. The molecule has 0 saturated heterocycles. The van der Waals surface area contributed by atoms with E-state index in [1.165, 1.54) is 0 Å². The van der Waals surface area contributed by atoms with E-state index in [4.69, 9.17) is 23.2 Å². The Morgan fingerprint density at radius 3 is 2.47 bits per heavy atom. The Hall–Kier alpha value is -3.41. The number of halogens is 2. The number of aromatic nitrogens is 2. The number of aliphatic imine (C=N–C) groups is 1. The van der Waals surface area contributed by atoms with Crippen molar-refractivity contribution < 1.29 is 4.79 Å². The predicted molar refractivity (Wildman–Crippen MR) is 129 cm³/mol. The zero-order valence-electron chi connectivity index (χ0n) is 16.9. The van der Waals surface area contributed by atoms with Crippen molar-refractivity contribution in [3.8, 4) is 0 Å². The van der Waals surface area contributed by atoms with Crippen molar-refractivity contribution in [2.45, 2.75) is 6.42 Å². The molecule has 0 saturated carbocycles. The van der Waals surface area contributed by atoms with Gasteiger partial charge in [-0.25, -0.2) is 9.98 Å². The number of amidine groups is 1. The second-order valence-electron chi connectivity index (χ2n) is 7.40. The van der Waals surface area contributed by atoms with Crippen LogP contribution in [0.25, 0.3) is 17.1 Å². The molecule has 7 heteroatoms. The van der Waals surface area contributed by atoms with E-state index in [1.54, 1.807) is 29.2 Å². The van der Waals surface area contributed by atoms with Gasteiger partial charge in [0.05, 0.1) is 16.1 Å². The van der Waals surface area contributed by atoms with E-state index in [0.29, 0.717) is 40.1 Å². The van der Waals surface area contributed by atoms with Gasteiger partial charge in [0.15, 0.2) is 0 Å². The van der Waals surface area contributed by atoms with Gasteiger partial charge in [0.25, 0.3) is 5.91 Å². The number of nitrogens with zero attached hydrogens (tertiary/aromatic N) is 3. The van der Waals surface area contributed by atoms with E-state index in [0.717, 1.165) is 22.4 Å². The number of carbonyl (C=O) groups is 1. The standard InChI is InChI=1S/C25H18Cl2N4O/c26-17-11-9-16(10-12-17)15-22-25(32)31(24(30-22)18-5-1-2-6-19(18)27)14-13-23-28-20-7-3-4-8-21(20)29-23/h1-12,15H,13-14H2,(H,28,29). The highest BCUT2D eigenvalue weighted by molar-refractivity contribution is 6.35. The number of benzene rings is 3. The number of nitrogens with one attached hydrogen (secondary N) is 1. The van der Waals surface area contributed by atoms with Crippen LogP contribution in [0.1, 0.15) is 17.0 Å². The van der Waals surface area contributed by atoms with Crippen LogP contribution in [0.4, 0.5) is 0 Å². The van der Waals surface area contributed by atoms with Crippen molar-refractivity contribution in [1.82, 2.24) is 14.9 Å². The Kier molecular flexibility index (Phi) is 5.52. The van der Waals surface area contributed by atoms with E-state index in [2.05, 4.69) is 15.0 Å². The minimum atomic E-state index is -0.175. The van der Waals surface area contributed by atoms with Gasteiger partial charge in [0.2, 0.25) is 0 Å². The molecule has 5 rings (SSSR count). The molecule has 4 aromatic rings. The van der Waals surface area contributed by atoms with Crippen LogP contribution >= 0.6 is 23.2 Å². The molecule has 1 aliphatic heterocycles. The molecule has 1 amide bonds. The number of amides is 1. The van der Waals surface area contributed by atoms with Crippen molar-refractivity contribution >= 4 is 52.1 Å². The van der Waals surface area contributed by atoms with Gasteiger partial charge < -0.3 is 4.98 Å². The van der Waals surface area contributed by atoms with Gasteiger partial charge in [-0.2, -0.15) is 0 Å². The number of hydrogen-bond donors (Lipinski definition) is 1. The fourth-order valence-electron chi connectivity index (χ4n) is 3.66. The molecule has 0 spiro atoms. The van der Waals surface area contributed by atoms with Gasteiger partial charge in [-0.15, -0.1) is 0 Å². The van der Waals surface area contributed by atoms with E-state index in [9.17, 15) is 4.79 Å². The smallest absolute Gasteiger partial charge is 0.278 e. The molecule has 0 atom stereocenters. The zero-order valence-corrected chi connectivity index (χ0v) is 18.4. The summed E-state index contributed by atoms with van der Waals surface area (Å²) in [6, 6.07) is 22.5. The van der Waals surface area contributed by atoms with Crippen LogP contribution in [0, 0.1) is 0 Å². The van der Waals surface area contributed by atoms with Crippen molar-refractivity contribution in [3.63, 3.8) is 0 Å². The first-order chi connectivity index (χ1) is 15.6. The van der Waals surface area contributed by atoms with Crippen molar-refractivity contribution in [3.05, 3.63) is 105 Å². The largest absolute Gasteiger partial charge is 0.342 e. The molecule has 158 valence electrons. The number of rotatable bonds is 5. The first-order valence-electron chi connectivity index (χ1n) is 10.1. The van der Waals surface area contributed by atoms with E-state index in [1.807, 2.05) is 54.6 Å². The summed E-state index contributed by atoms with van der Waals surface area (Å²) < 4.78 is 0. The Labute approximate surface area is 195 Å². The SMILES string of the molecule is O=C1C(=Cc2ccc(Cl)cc2)N=C(c2ccccc2Cl)N1CCc1nc2ccccc2[nH]1. The molecule has 3 aromatic carbocycles. The van der Waals surface area contributed by atoms with Crippen LogP contribution in [0.15, 0.2) is 83.5 Å². The summed E-state index contributed by atoms with van der Waals surface area (Å²) in [5.41, 5.74) is 3.79. The van der Waals surface area contributed by atoms with Gasteiger partial charge in [0.1, 0.15) is 17.4 Å². The summed E-state index contributed by atoms with van der Waals surface area (Å²) in [5.74, 6) is 1.18. The quantitative estimate of drug-likeness (QED) is 0.385. The normalized spacial score (nSPS) is 15.1. The van der Waals surface area contributed by atoms with Gasteiger partial charge >= 0.3 is 0 Å². The van der Waals surface area contributed by atoms with Crippen molar-refractivity contribution in [1.29, 1.82) is 0 Å².